The number of para-hydroxylation sites is 2. The molecule has 0 radical (unpaired) electrons. The predicted molar refractivity (Wildman–Crippen MR) is 126 cm³/mol. The summed E-state index contributed by atoms with van der Waals surface area (Å²) in [6, 6.07) is 21.5. The maximum absolute atomic E-state index is 13.3. The molecule has 0 unspecified atom stereocenters. The molecule has 0 aliphatic carbocycles. The molecule has 4 aromatic rings. The Labute approximate surface area is 191 Å². The van der Waals surface area contributed by atoms with Gasteiger partial charge in [0.15, 0.2) is 0 Å². The van der Waals surface area contributed by atoms with Crippen LogP contribution in [0.4, 0.5) is 5.69 Å². The number of benzene rings is 3. The number of hydrogen-bond donors (Lipinski definition) is 1. The van der Waals surface area contributed by atoms with E-state index in [1.54, 1.807) is 60.7 Å². The van der Waals surface area contributed by atoms with Gasteiger partial charge in [-0.15, -0.1) is 0 Å². The normalized spacial score (nSPS) is 11.3. The first kappa shape index (κ1) is 22.3. The molecular formula is C25H22N2O5S. The van der Waals surface area contributed by atoms with Crippen LogP contribution in [0.2, 0.25) is 0 Å². The average molecular weight is 463 g/mol. The highest BCUT2D eigenvalue weighted by Crippen LogP contribution is 2.23. The molecular weight excluding hydrogens is 440 g/mol. The van der Waals surface area contributed by atoms with Gasteiger partial charge in [-0.2, -0.15) is 0 Å². The third kappa shape index (κ3) is 4.65. The molecule has 4 rings (SSSR count). The summed E-state index contributed by atoms with van der Waals surface area (Å²) >= 11 is 0. The van der Waals surface area contributed by atoms with Gasteiger partial charge in [-0.3, -0.25) is 9.59 Å². The smallest absolute Gasteiger partial charge is 0.244 e. The number of amides is 1. The van der Waals surface area contributed by atoms with Crippen LogP contribution < -0.4 is 15.5 Å². The SMILES string of the molecule is CCOc1ccc(S(=O)(=O)c2cn(CC(=O)Nc3ccccc3)c3ccccc3c2=O)cc1. The van der Waals surface area contributed by atoms with E-state index in [9.17, 15) is 18.0 Å². The lowest BCUT2D eigenvalue weighted by molar-refractivity contribution is -0.116. The minimum absolute atomic E-state index is 0.0291. The van der Waals surface area contributed by atoms with Gasteiger partial charge < -0.3 is 14.6 Å². The summed E-state index contributed by atoms with van der Waals surface area (Å²) in [5.74, 6) is 0.185. The Bertz CT molecular complexity index is 1460. The maximum atomic E-state index is 13.3. The Kier molecular flexibility index (Phi) is 6.28. The van der Waals surface area contributed by atoms with Crippen molar-refractivity contribution in [1.29, 1.82) is 0 Å². The minimum atomic E-state index is -4.13. The molecule has 7 nitrogen and oxygen atoms in total. The highest BCUT2D eigenvalue weighted by atomic mass is 32.2. The van der Waals surface area contributed by atoms with Gasteiger partial charge in [0.05, 0.1) is 17.0 Å². The molecule has 8 heteroatoms. The third-order valence-corrected chi connectivity index (χ3v) is 6.82. The highest BCUT2D eigenvalue weighted by molar-refractivity contribution is 7.91. The largest absolute Gasteiger partial charge is 0.494 e. The lowest BCUT2D eigenvalue weighted by Gasteiger charge is -2.14. The molecule has 0 atom stereocenters. The van der Waals surface area contributed by atoms with E-state index in [0.717, 1.165) is 0 Å². The standard InChI is InChI=1S/C25H22N2O5S/c1-2-32-19-12-14-20(15-13-19)33(30,31)23-16-27(22-11-7-6-10-21(22)25(23)29)17-24(28)26-18-8-4-3-5-9-18/h3-16H,2,17H2,1H3,(H,26,28). The van der Waals surface area contributed by atoms with Crippen molar-refractivity contribution in [2.45, 2.75) is 23.3 Å². The van der Waals surface area contributed by atoms with Crippen LogP contribution in [0.1, 0.15) is 6.92 Å². The van der Waals surface area contributed by atoms with E-state index in [1.165, 1.54) is 22.9 Å². The number of sulfone groups is 1. The van der Waals surface area contributed by atoms with Crippen LogP contribution in [-0.4, -0.2) is 25.5 Å². The first-order chi connectivity index (χ1) is 15.9. The van der Waals surface area contributed by atoms with Crippen LogP contribution in [0.25, 0.3) is 10.9 Å². The maximum Gasteiger partial charge on any atom is 0.244 e. The van der Waals surface area contributed by atoms with Crippen molar-refractivity contribution >= 4 is 32.3 Å². The zero-order valence-electron chi connectivity index (χ0n) is 17.9. The fraction of sp³-hybridized carbons (Fsp3) is 0.120. The van der Waals surface area contributed by atoms with E-state index in [4.69, 9.17) is 4.74 Å². The molecule has 1 heterocycles. The van der Waals surface area contributed by atoms with Gasteiger partial charge >= 0.3 is 0 Å². The summed E-state index contributed by atoms with van der Waals surface area (Å²) in [6.07, 6.45) is 1.24. The number of fused-ring (bicyclic) bond motifs is 1. The van der Waals surface area contributed by atoms with Gasteiger partial charge in [-0.1, -0.05) is 30.3 Å². The van der Waals surface area contributed by atoms with Crippen LogP contribution in [0.3, 0.4) is 0 Å². The number of aromatic nitrogens is 1. The molecule has 0 aliphatic heterocycles. The molecule has 0 bridgehead atoms. The van der Waals surface area contributed by atoms with Crippen LogP contribution >= 0.6 is 0 Å². The summed E-state index contributed by atoms with van der Waals surface area (Å²) in [6.45, 7) is 2.12. The number of anilines is 1. The van der Waals surface area contributed by atoms with Crippen LogP contribution in [0.5, 0.6) is 5.75 Å². The van der Waals surface area contributed by atoms with Crippen LogP contribution in [-0.2, 0) is 21.2 Å². The van der Waals surface area contributed by atoms with Gasteiger partial charge in [0, 0.05) is 17.3 Å². The van der Waals surface area contributed by atoms with Gasteiger partial charge in [-0.25, -0.2) is 8.42 Å². The summed E-state index contributed by atoms with van der Waals surface area (Å²) in [5, 5.41) is 3.00. The molecule has 1 N–H and O–H groups in total. The van der Waals surface area contributed by atoms with Crippen molar-refractivity contribution in [3.8, 4) is 5.75 Å². The van der Waals surface area contributed by atoms with Crippen molar-refractivity contribution in [3.05, 3.63) is 95.3 Å². The number of carbonyl (C=O) groups excluding carboxylic acids is 1. The second-order valence-electron chi connectivity index (χ2n) is 7.29. The Hall–Kier alpha value is -3.91. The van der Waals surface area contributed by atoms with E-state index in [-0.39, 0.29) is 22.7 Å². The molecule has 1 amide bonds. The van der Waals surface area contributed by atoms with Gasteiger partial charge in [0.2, 0.25) is 21.2 Å². The lowest BCUT2D eigenvalue weighted by atomic mass is 10.2. The fourth-order valence-electron chi connectivity index (χ4n) is 3.53. The minimum Gasteiger partial charge on any atom is -0.494 e. The molecule has 0 aliphatic rings. The third-order valence-electron chi connectivity index (χ3n) is 5.06. The number of hydrogen-bond acceptors (Lipinski definition) is 5. The van der Waals surface area contributed by atoms with E-state index >= 15 is 0 Å². The van der Waals surface area contributed by atoms with Crippen LogP contribution in [0.15, 0.2) is 99.6 Å². The first-order valence-electron chi connectivity index (χ1n) is 10.3. The van der Waals surface area contributed by atoms with Crippen molar-refractivity contribution in [3.63, 3.8) is 0 Å². The molecule has 0 spiro atoms. The topological polar surface area (TPSA) is 94.5 Å². The number of ether oxygens (including phenoxy) is 1. The zero-order valence-corrected chi connectivity index (χ0v) is 18.7. The van der Waals surface area contributed by atoms with Crippen molar-refractivity contribution in [1.82, 2.24) is 4.57 Å². The van der Waals surface area contributed by atoms with Crippen LogP contribution in [0, 0.1) is 0 Å². The molecule has 0 saturated heterocycles. The van der Waals surface area contributed by atoms with Crippen molar-refractivity contribution in [2.24, 2.45) is 0 Å². The molecule has 3 aromatic carbocycles. The molecule has 33 heavy (non-hydrogen) atoms. The monoisotopic (exact) mass is 462 g/mol. The Morgan fingerprint density at radius 2 is 1.61 bits per heavy atom. The molecule has 0 fully saturated rings. The second-order valence-corrected chi connectivity index (χ2v) is 9.21. The molecule has 0 saturated carbocycles. The first-order valence-corrected chi connectivity index (χ1v) is 11.8. The Morgan fingerprint density at radius 1 is 0.939 bits per heavy atom. The van der Waals surface area contributed by atoms with Gasteiger partial charge in [0.1, 0.15) is 17.2 Å². The number of rotatable bonds is 7. The Balaban J connectivity index is 1.77. The summed E-state index contributed by atoms with van der Waals surface area (Å²) < 4.78 is 33.5. The summed E-state index contributed by atoms with van der Waals surface area (Å²) in [4.78, 5) is 25.4. The van der Waals surface area contributed by atoms with E-state index in [2.05, 4.69) is 5.32 Å². The molecule has 1 aromatic heterocycles. The average Bonchev–Trinajstić information content (AvgIpc) is 2.82. The summed E-state index contributed by atoms with van der Waals surface area (Å²) in [5.41, 5.74) is 0.477. The number of nitrogens with one attached hydrogen (secondary N) is 1. The summed E-state index contributed by atoms with van der Waals surface area (Å²) in [7, 11) is -4.13. The number of pyridine rings is 1. The van der Waals surface area contributed by atoms with Crippen molar-refractivity contribution < 1.29 is 17.9 Å². The van der Waals surface area contributed by atoms with E-state index in [1.807, 2.05) is 13.0 Å². The molecule has 168 valence electrons. The quantitative estimate of drug-likeness (QED) is 0.450. The van der Waals surface area contributed by atoms with Gasteiger partial charge in [-0.05, 0) is 55.5 Å². The Morgan fingerprint density at radius 3 is 2.30 bits per heavy atom. The van der Waals surface area contributed by atoms with E-state index < -0.39 is 20.2 Å². The number of nitrogens with zero attached hydrogens (tertiary/aromatic N) is 1. The zero-order chi connectivity index (χ0) is 23.4. The van der Waals surface area contributed by atoms with Crippen molar-refractivity contribution in [2.75, 3.05) is 11.9 Å². The number of carbonyl (C=O) groups is 1. The fourth-order valence-corrected chi connectivity index (χ4v) is 4.89. The predicted octanol–water partition coefficient (Wildman–Crippen LogP) is 3.87. The lowest BCUT2D eigenvalue weighted by Crippen LogP contribution is -2.23. The van der Waals surface area contributed by atoms with Gasteiger partial charge in [0.25, 0.3) is 0 Å². The second kappa shape index (κ2) is 9.30. The highest BCUT2D eigenvalue weighted by Gasteiger charge is 2.24. The van der Waals surface area contributed by atoms with E-state index in [0.29, 0.717) is 23.6 Å².